The van der Waals surface area contributed by atoms with Crippen LogP contribution in [-0.2, 0) is 15.4 Å². The van der Waals surface area contributed by atoms with Gasteiger partial charge in [-0.2, -0.15) is 0 Å². The highest BCUT2D eigenvalue weighted by Crippen LogP contribution is 2.39. The molecule has 1 heterocycles. The summed E-state index contributed by atoms with van der Waals surface area (Å²) in [4.78, 5) is 12.7. The first-order valence-electron chi connectivity index (χ1n) is 10.5. The van der Waals surface area contributed by atoms with Gasteiger partial charge >= 0.3 is 0 Å². The molecule has 1 amide bonds. The molecular formula is C23H28F2N2O3S. The summed E-state index contributed by atoms with van der Waals surface area (Å²) in [5.41, 5.74) is 0.104. The Morgan fingerprint density at radius 3 is 2.39 bits per heavy atom. The van der Waals surface area contributed by atoms with Gasteiger partial charge in [-0.3, -0.25) is 4.79 Å². The highest BCUT2D eigenvalue weighted by atomic mass is 32.2. The topological polar surface area (TPSA) is 66.5 Å². The molecule has 5 nitrogen and oxygen atoms in total. The third-order valence-corrected chi connectivity index (χ3v) is 8.24. The van der Waals surface area contributed by atoms with Crippen molar-refractivity contribution in [1.29, 1.82) is 0 Å². The maximum absolute atomic E-state index is 14.1. The quantitative estimate of drug-likeness (QED) is 0.697. The Hall–Kier alpha value is -2.32. The van der Waals surface area contributed by atoms with Gasteiger partial charge in [0.1, 0.15) is 11.6 Å². The summed E-state index contributed by atoms with van der Waals surface area (Å²) in [6.45, 7) is 4.34. The number of piperidine rings is 1. The number of sulfonamides is 1. The maximum Gasteiger partial charge on any atom is 0.254 e. The first kappa shape index (κ1) is 23.3. The van der Waals surface area contributed by atoms with Crippen molar-refractivity contribution in [2.75, 3.05) is 18.8 Å². The van der Waals surface area contributed by atoms with Gasteiger partial charge in [0.05, 0.1) is 11.3 Å². The summed E-state index contributed by atoms with van der Waals surface area (Å²) >= 11 is 0. The normalized spacial score (nSPS) is 17.8. The first-order valence-corrected chi connectivity index (χ1v) is 12.1. The summed E-state index contributed by atoms with van der Waals surface area (Å²) in [6, 6.07) is 12.0. The summed E-state index contributed by atoms with van der Waals surface area (Å²) in [5.74, 6) is -2.07. The molecule has 2 aromatic carbocycles. The highest BCUT2D eigenvalue weighted by Gasteiger charge is 2.43. The molecule has 1 aliphatic heterocycles. The monoisotopic (exact) mass is 450 g/mol. The molecule has 1 saturated heterocycles. The van der Waals surface area contributed by atoms with Crippen molar-refractivity contribution in [3.8, 4) is 0 Å². The number of rotatable bonds is 7. The molecule has 31 heavy (non-hydrogen) atoms. The van der Waals surface area contributed by atoms with E-state index in [2.05, 4.69) is 5.32 Å². The SMILES string of the molecule is CCCS(=O)(=O)N1CCC(c2ccccc2)([C@H](C)NC(=O)c2cc(F)ccc2F)CC1. The third-order valence-electron chi connectivity index (χ3n) is 6.17. The van der Waals surface area contributed by atoms with Crippen molar-refractivity contribution in [3.05, 3.63) is 71.3 Å². The minimum Gasteiger partial charge on any atom is -0.349 e. The molecule has 1 fully saturated rings. The Kier molecular flexibility index (Phi) is 7.11. The van der Waals surface area contributed by atoms with Crippen LogP contribution < -0.4 is 5.32 Å². The van der Waals surface area contributed by atoms with Crippen LogP contribution in [0.5, 0.6) is 0 Å². The van der Waals surface area contributed by atoms with E-state index in [1.54, 1.807) is 0 Å². The molecule has 0 aliphatic carbocycles. The van der Waals surface area contributed by atoms with Crippen LogP contribution in [0.4, 0.5) is 8.78 Å². The van der Waals surface area contributed by atoms with E-state index in [9.17, 15) is 22.0 Å². The Labute approximate surface area is 182 Å². The number of amides is 1. The Morgan fingerprint density at radius 1 is 1.13 bits per heavy atom. The van der Waals surface area contributed by atoms with E-state index in [-0.39, 0.29) is 11.3 Å². The van der Waals surface area contributed by atoms with Crippen LogP contribution in [-0.4, -0.2) is 43.5 Å². The van der Waals surface area contributed by atoms with Crippen LogP contribution in [0.1, 0.15) is 49.0 Å². The van der Waals surface area contributed by atoms with Gasteiger partial charge in [0, 0.05) is 24.5 Å². The van der Waals surface area contributed by atoms with E-state index in [0.29, 0.717) is 32.4 Å². The van der Waals surface area contributed by atoms with Crippen LogP contribution in [0.25, 0.3) is 0 Å². The van der Waals surface area contributed by atoms with Gasteiger partial charge in [-0.05, 0) is 49.9 Å². The Morgan fingerprint density at radius 2 is 1.77 bits per heavy atom. The minimum atomic E-state index is -3.31. The summed E-state index contributed by atoms with van der Waals surface area (Å²) in [6.07, 6.45) is 1.56. The zero-order valence-electron chi connectivity index (χ0n) is 17.8. The van der Waals surface area contributed by atoms with E-state index < -0.39 is 39.0 Å². The fourth-order valence-corrected chi connectivity index (χ4v) is 5.89. The van der Waals surface area contributed by atoms with Crippen LogP contribution >= 0.6 is 0 Å². The molecule has 8 heteroatoms. The minimum absolute atomic E-state index is 0.108. The molecule has 0 bridgehead atoms. The van der Waals surface area contributed by atoms with Gasteiger partial charge < -0.3 is 5.32 Å². The average molecular weight is 451 g/mol. The Bertz CT molecular complexity index is 1020. The number of carbonyl (C=O) groups is 1. The van der Waals surface area contributed by atoms with E-state index in [0.717, 1.165) is 23.8 Å². The predicted molar refractivity (Wildman–Crippen MR) is 116 cm³/mol. The Balaban J connectivity index is 1.87. The zero-order chi connectivity index (χ0) is 22.6. The van der Waals surface area contributed by atoms with Crippen molar-refractivity contribution in [1.82, 2.24) is 9.62 Å². The summed E-state index contributed by atoms with van der Waals surface area (Å²) in [5, 5.41) is 2.84. The fraction of sp³-hybridized carbons (Fsp3) is 0.435. The molecule has 0 unspecified atom stereocenters. The molecule has 0 spiro atoms. The molecule has 1 aliphatic rings. The van der Waals surface area contributed by atoms with E-state index in [1.807, 2.05) is 44.2 Å². The van der Waals surface area contributed by atoms with Crippen molar-refractivity contribution >= 4 is 15.9 Å². The summed E-state index contributed by atoms with van der Waals surface area (Å²) in [7, 11) is -3.31. The highest BCUT2D eigenvalue weighted by molar-refractivity contribution is 7.89. The summed E-state index contributed by atoms with van der Waals surface area (Å²) < 4.78 is 54.2. The van der Waals surface area contributed by atoms with Crippen LogP contribution in [0.15, 0.2) is 48.5 Å². The molecule has 1 N–H and O–H groups in total. The van der Waals surface area contributed by atoms with Crippen molar-refractivity contribution in [2.45, 2.75) is 44.6 Å². The first-order chi connectivity index (χ1) is 14.7. The second-order valence-electron chi connectivity index (χ2n) is 8.06. The lowest BCUT2D eigenvalue weighted by atomic mass is 9.68. The number of hydrogen-bond acceptors (Lipinski definition) is 3. The lowest BCUT2D eigenvalue weighted by molar-refractivity contribution is 0.0890. The second kappa shape index (κ2) is 9.44. The van der Waals surface area contributed by atoms with Crippen LogP contribution in [0, 0.1) is 11.6 Å². The maximum atomic E-state index is 14.1. The molecule has 0 saturated carbocycles. The van der Waals surface area contributed by atoms with Crippen molar-refractivity contribution in [2.24, 2.45) is 0 Å². The van der Waals surface area contributed by atoms with E-state index in [4.69, 9.17) is 0 Å². The molecule has 1 atom stereocenters. The largest absolute Gasteiger partial charge is 0.349 e. The van der Waals surface area contributed by atoms with Gasteiger partial charge in [0.25, 0.3) is 5.91 Å². The van der Waals surface area contributed by atoms with Crippen LogP contribution in [0.3, 0.4) is 0 Å². The average Bonchev–Trinajstić information content (AvgIpc) is 2.76. The number of hydrogen-bond donors (Lipinski definition) is 1. The molecule has 3 rings (SSSR count). The number of nitrogens with one attached hydrogen (secondary N) is 1. The molecule has 2 aromatic rings. The van der Waals surface area contributed by atoms with Gasteiger partial charge in [0.2, 0.25) is 10.0 Å². The smallest absolute Gasteiger partial charge is 0.254 e. The van der Waals surface area contributed by atoms with Crippen molar-refractivity contribution in [3.63, 3.8) is 0 Å². The number of nitrogens with zero attached hydrogens (tertiary/aromatic N) is 1. The molecule has 0 aromatic heterocycles. The fourth-order valence-electron chi connectivity index (χ4n) is 4.38. The zero-order valence-corrected chi connectivity index (χ0v) is 18.6. The number of benzene rings is 2. The third kappa shape index (κ3) is 4.96. The second-order valence-corrected chi connectivity index (χ2v) is 10.1. The van der Waals surface area contributed by atoms with Gasteiger partial charge in [0.15, 0.2) is 0 Å². The van der Waals surface area contributed by atoms with E-state index in [1.165, 1.54) is 4.31 Å². The van der Waals surface area contributed by atoms with Crippen molar-refractivity contribution < 1.29 is 22.0 Å². The van der Waals surface area contributed by atoms with Gasteiger partial charge in [-0.15, -0.1) is 0 Å². The molecular weight excluding hydrogens is 422 g/mol. The molecule has 0 radical (unpaired) electrons. The molecule has 168 valence electrons. The van der Waals surface area contributed by atoms with Gasteiger partial charge in [-0.1, -0.05) is 37.3 Å². The van der Waals surface area contributed by atoms with E-state index >= 15 is 0 Å². The number of carbonyl (C=O) groups excluding carboxylic acids is 1. The standard InChI is InChI=1S/C23H28F2N2O3S/c1-3-15-31(29,30)27-13-11-23(12-14-27,18-7-5-4-6-8-18)17(2)26-22(28)20-16-19(24)9-10-21(20)25/h4-10,16-17H,3,11-15H2,1-2H3,(H,26,28)/t17-/m0/s1. The lowest BCUT2D eigenvalue weighted by Crippen LogP contribution is -2.55. The number of halogens is 2. The lowest BCUT2D eigenvalue weighted by Gasteiger charge is -2.45. The van der Waals surface area contributed by atoms with Crippen LogP contribution in [0.2, 0.25) is 0 Å². The predicted octanol–water partition coefficient (Wildman–Crippen LogP) is 3.86. The van der Waals surface area contributed by atoms with Gasteiger partial charge in [-0.25, -0.2) is 21.5 Å².